The number of para-hydroxylation sites is 2. The van der Waals surface area contributed by atoms with Gasteiger partial charge in [0.2, 0.25) is 0 Å². The highest BCUT2D eigenvalue weighted by atomic mass is 15.0. The van der Waals surface area contributed by atoms with Crippen LogP contribution in [0.15, 0.2) is 54.7 Å². The molecule has 0 aliphatic carbocycles. The second-order valence-electron chi connectivity index (χ2n) is 4.33. The van der Waals surface area contributed by atoms with Gasteiger partial charge in [-0.3, -0.25) is 0 Å². The molecule has 0 aliphatic rings. The van der Waals surface area contributed by atoms with Crippen molar-refractivity contribution < 1.29 is 0 Å². The molecule has 0 bridgehead atoms. The Morgan fingerprint density at radius 1 is 1.00 bits per heavy atom. The summed E-state index contributed by atoms with van der Waals surface area (Å²) in [4.78, 5) is 0. The van der Waals surface area contributed by atoms with E-state index in [-0.39, 0.29) is 0 Å². The number of hydrogen-bond donors (Lipinski definition) is 0. The van der Waals surface area contributed by atoms with Crippen molar-refractivity contribution in [1.82, 2.24) is 4.57 Å². The second-order valence-corrected chi connectivity index (χ2v) is 4.33. The molecule has 0 saturated heterocycles. The monoisotopic (exact) mass is 232 g/mol. The van der Waals surface area contributed by atoms with Gasteiger partial charge in [-0.1, -0.05) is 30.3 Å². The van der Waals surface area contributed by atoms with Gasteiger partial charge in [-0.25, -0.2) is 0 Å². The molecule has 0 unspecified atom stereocenters. The molecule has 2 nitrogen and oxygen atoms in total. The molecule has 86 valence electrons. The first kappa shape index (κ1) is 10.6. The van der Waals surface area contributed by atoms with Crippen molar-refractivity contribution in [1.29, 1.82) is 5.26 Å². The van der Waals surface area contributed by atoms with Crippen LogP contribution >= 0.6 is 0 Å². The molecule has 0 spiro atoms. The molecule has 0 saturated carbocycles. The fraction of sp³-hybridized carbons (Fsp3) is 0.0625. The maximum Gasteiger partial charge on any atom is 0.101 e. The lowest BCUT2D eigenvalue weighted by molar-refractivity contribution is 1.09. The highest BCUT2D eigenvalue weighted by Gasteiger charge is 2.09. The van der Waals surface area contributed by atoms with Crippen molar-refractivity contribution in [2.75, 3.05) is 0 Å². The predicted octanol–water partition coefficient (Wildman–Crippen LogP) is 3.81. The van der Waals surface area contributed by atoms with E-state index in [4.69, 9.17) is 0 Å². The average Bonchev–Trinajstić information content (AvgIpc) is 2.82. The first-order chi connectivity index (χ1) is 8.81. The molecule has 3 rings (SSSR count). The predicted molar refractivity (Wildman–Crippen MR) is 72.7 cm³/mol. The van der Waals surface area contributed by atoms with Crippen LogP contribution in [0, 0.1) is 18.3 Å². The first-order valence-corrected chi connectivity index (χ1v) is 5.87. The molecule has 1 aromatic heterocycles. The third kappa shape index (κ3) is 1.49. The normalized spacial score (nSPS) is 10.4. The second kappa shape index (κ2) is 4.05. The molecular weight excluding hydrogens is 220 g/mol. The van der Waals surface area contributed by atoms with E-state index in [0.29, 0.717) is 5.56 Å². The lowest BCUT2D eigenvalue weighted by Crippen LogP contribution is -1.98. The summed E-state index contributed by atoms with van der Waals surface area (Å²) in [6.07, 6.45) is 2.02. The molecular formula is C16H12N2. The fourth-order valence-corrected chi connectivity index (χ4v) is 2.35. The maximum atomic E-state index is 9.25. The first-order valence-electron chi connectivity index (χ1n) is 5.87. The van der Waals surface area contributed by atoms with E-state index in [2.05, 4.69) is 28.8 Å². The number of hydrogen-bond acceptors (Lipinski definition) is 1. The molecule has 0 atom stereocenters. The Balaban J connectivity index is 2.37. The zero-order chi connectivity index (χ0) is 12.5. The minimum absolute atomic E-state index is 0.705. The largest absolute Gasteiger partial charge is 0.315 e. The number of fused-ring (bicyclic) bond motifs is 1. The number of benzene rings is 2. The van der Waals surface area contributed by atoms with Crippen molar-refractivity contribution in [2.24, 2.45) is 0 Å². The third-order valence-corrected chi connectivity index (χ3v) is 3.20. The van der Waals surface area contributed by atoms with Crippen LogP contribution in [-0.2, 0) is 0 Å². The summed E-state index contributed by atoms with van der Waals surface area (Å²) in [6, 6.07) is 18.3. The van der Waals surface area contributed by atoms with Gasteiger partial charge in [-0.05, 0) is 36.1 Å². The standard InChI is InChI=1S/C16H12N2/c1-12-5-4-7-14(11-17)16(12)18-10-9-13-6-2-3-8-15(13)18/h2-10H,1H3. The van der Waals surface area contributed by atoms with Crippen molar-refractivity contribution in [3.8, 4) is 11.8 Å². The zero-order valence-electron chi connectivity index (χ0n) is 10.1. The van der Waals surface area contributed by atoms with Gasteiger partial charge < -0.3 is 4.57 Å². The van der Waals surface area contributed by atoms with Crippen LogP contribution in [0.4, 0.5) is 0 Å². The van der Waals surface area contributed by atoms with Crippen LogP contribution in [0.5, 0.6) is 0 Å². The quantitative estimate of drug-likeness (QED) is 0.627. The van der Waals surface area contributed by atoms with Crippen LogP contribution in [-0.4, -0.2) is 4.57 Å². The molecule has 0 radical (unpaired) electrons. The lowest BCUT2D eigenvalue weighted by Gasteiger charge is -2.10. The molecule has 3 aromatic rings. The zero-order valence-corrected chi connectivity index (χ0v) is 10.1. The van der Waals surface area contributed by atoms with Crippen molar-refractivity contribution in [3.63, 3.8) is 0 Å². The van der Waals surface area contributed by atoms with E-state index >= 15 is 0 Å². The summed E-state index contributed by atoms with van der Waals surface area (Å²) in [7, 11) is 0. The van der Waals surface area contributed by atoms with Gasteiger partial charge in [-0.15, -0.1) is 0 Å². The van der Waals surface area contributed by atoms with Crippen molar-refractivity contribution in [3.05, 3.63) is 65.9 Å². The Kier molecular flexibility index (Phi) is 2.39. The van der Waals surface area contributed by atoms with Gasteiger partial charge in [0.15, 0.2) is 0 Å². The molecule has 2 heteroatoms. The lowest BCUT2D eigenvalue weighted by atomic mass is 10.1. The van der Waals surface area contributed by atoms with E-state index in [1.54, 1.807) is 0 Å². The Morgan fingerprint density at radius 3 is 2.67 bits per heavy atom. The van der Waals surface area contributed by atoms with Crippen LogP contribution in [0.2, 0.25) is 0 Å². The Hall–Kier alpha value is -2.53. The Bertz CT molecular complexity index is 760. The minimum Gasteiger partial charge on any atom is -0.315 e. The smallest absolute Gasteiger partial charge is 0.101 e. The van der Waals surface area contributed by atoms with E-state index < -0.39 is 0 Å². The number of aromatic nitrogens is 1. The van der Waals surface area contributed by atoms with Crippen LogP contribution in [0.25, 0.3) is 16.6 Å². The summed E-state index contributed by atoms with van der Waals surface area (Å²) < 4.78 is 2.09. The van der Waals surface area contributed by atoms with Crippen molar-refractivity contribution in [2.45, 2.75) is 6.92 Å². The molecule has 0 fully saturated rings. The fourth-order valence-electron chi connectivity index (χ4n) is 2.35. The molecule has 18 heavy (non-hydrogen) atoms. The highest BCUT2D eigenvalue weighted by molar-refractivity contribution is 5.82. The summed E-state index contributed by atoms with van der Waals surface area (Å²) in [5.74, 6) is 0. The molecule has 0 amide bonds. The molecule has 1 heterocycles. The molecule has 0 N–H and O–H groups in total. The number of nitrogens with zero attached hydrogens (tertiary/aromatic N) is 2. The Labute approximate surface area is 106 Å². The summed E-state index contributed by atoms with van der Waals surface area (Å²) in [5.41, 5.74) is 3.91. The van der Waals surface area contributed by atoms with Crippen LogP contribution < -0.4 is 0 Å². The number of rotatable bonds is 1. The van der Waals surface area contributed by atoms with Crippen molar-refractivity contribution >= 4 is 10.9 Å². The van der Waals surface area contributed by atoms with Gasteiger partial charge in [0.05, 0.1) is 16.8 Å². The van der Waals surface area contributed by atoms with Gasteiger partial charge in [0, 0.05) is 6.20 Å². The molecule has 2 aromatic carbocycles. The minimum atomic E-state index is 0.705. The number of nitriles is 1. The number of aryl methyl sites for hydroxylation is 1. The van der Waals surface area contributed by atoms with E-state index in [9.17, 15) is 5.26 Å². The maximum absolute atomic E-state index is 9.25. The van der Waals surface area contributed by atoms with Gasteiger partial charge in [0.1, 0.15) is 6.07 Å². The highest BCUT2D eigenvalue weighted by Crippen LogP contribution is 2.25. The Morgan fingerprint density at radius 2 is 1.83 bits per heavy atom. The van der Waals surface area contributed by atoms with Gasteiger partial charge in [-0.2, -0.15) is 5.26 Å². The summed E-state index contributed by atoms with van der Waals surface area (Å²) >= 11 is 0. The summed E-state index contributed by atoms with van der Waals surface area (Å²) in [5, 5.41) is 10.4. The van der Waals surface area contributed by atoms with E-state index in [1.807, 2.05) is 43.5 Å². The average molecular weight is 232 g/mol. The van der Waals surface area contributed by atoms with E-state index in [1.165, 1.54) is 5.39 Å². The van der Waals surface area contributed by atoms with Gasteiger partial charge in [0.25, 0.3) is 0 Å². The third-order valence-electron chi connectivity index (χ3n) is 3.20. The SMILES string of the molecule is Cc1cccc(C#N)c1-n1ccc2ccccc21. The van der Waals surface area contributed by atoms with Crippen LogP contribution in [0.3, 0.4) is 0 Å². The molecule has 0 aliphatic heterocycles. The topological polar surface area (TPSA) is 28.7 Å². The van der Waals surface area contributed by atoms with Crippen LogP contribution in [0.1, 0.15) is 11.1 Å². The van der Waals surface area contributed by atoms with E-state index in [0.717, 1.165) is 16.8 Å². The summed E-state index contributed by atoms with van der Waals surface area (Å²) in [6.45, 7) is 2.03. The van der Waals surface area contributed by atoms with Gasteiger partial charge >= 0.3 is 0 Å².